The van der Waals surface area contributed by atoms with Crippen molar-refractivity contribution in [1.82, 2.24) is 4.90 Å². The van der Waals surface area contributed by atoms with E-state index in [9.17, 15) is 9.18 Å². The molecule has 0 saturated carbocycles. The van der Waals surface area contributed by atoms with Gasteiger partial charge in [-0.3, -0.25) is 0 Å². The molecule has 0 spiro atoms. The fourth-order valence-electron chi connectivity index (χ4n) is 1.99. The molecule has 1 aliphatic heterocycles. The first kappa shape index (κ1) is 13.4. The molecule has 0 radical (unpaired) electrons. The van der Waals surface area contributed by atoms with E-state index in [1.54, 1.807) is 0 Å². The third kappa shape index (κ3) is 3.23. The number of hydrogen-bond donors (Lipinski definition) is 1. The van der Waals surface area contributed by atoms with Crippen molar-refractivity contribution in [3.63, 3.8) is 0 Å². The van der Waals surface area contributed by atoms with E-state index in [0.717, 1.165) is 25.9 Å². The van der Waals surface area contributed by atoms with Crippen molar-refractivity contribution in [2.24, 2.45) is 0 Å². The Hall–Kier alpha value is -1.07. The lowest BCUT2D eigenvalue weighted by atomic mass is 10.1. The first-order valence-corrected chi connectivity index (χ1v) is 6.39. The van der Waals surface area contributed by atoms with Crippen LogP contribution in [-0.4, -0.2) is 37.1 Å². The van der Waals surface area contributed by atoms with Gasteiger partial charge in [0.25, 0.3) is 0 Å². The summed E-state index contributed by atoms with van der Waals surface area (Å²) in [6, 6.07) is 4.13. The largest absolute Gasteiger partial charge is 0.459 e. The molecule has 0 amide bonds. The van der Waals surface area contributed by atoms with Crippen molar-refractivity contribution in [3.8, 4) is 0 Å². The summed E-state index contributed by atoms with van der Waals surface area (Å²) in [5, 5.41) is 0. The monoisotopic (exact) mass is 269 g/mol. The molecule has 0 N–H and O–H groups in total. The minimum atomic E-state index is -0.599. The molecule has 1 aromatic carbocycles. The molecule has 1 heterocycles. The van der Waals surface area contributed by atoms with Crippen LogP contribution in [0.5, 0.6) is 0 Å². The van der Waals surface area contributed by atoms with Gasteiger partial charge >= 0.3 is 5.97 Å². The molecule has 2 rings (SSSR count). The summed E-state index contributed by atoms with van der Waals surface area (Å²) in [6.07, 6.45) is 1.48. The number of carbonyl (C=O) groups excluding carboxylic acids is 1. The maximum atomic E-state index is 13.5. The van der Waals surface area contributed by atoms with Crippen LogP contribution in [0.25, 0.3) is 0 Å². The lowest BCUT2D eigenvalue weighted by Crippen LogP contribution is -2.35. The van der Waals surface area contributed by atoms with E-state index < -0.39 is 11.8 Å². The lowest BCUT2D eigenvalue weighted by molar-refractivity contribution is 0.0134. The second-order valence-corrected chi connectivity index (χ2v) is 5.09. The summed E-state index contributed by atoms with van der Waals surface area (Å²) in [7, 11) is 2.03. The molecule has 1 aromatic rings. The van der Waals surface area contributed by atoms with Crippen molar-refractivity contribution in [2.45, 2.75) is 23.8 Å². The average Bonchev–Trinajstić information content (AvgIpc) is 2.35. The van der Waals surface area contributed by atoms with E-state index in [4.69, 9.17) is 4.74 Å². The molecule has 0 bridgehead atoms. The van der Waals surface area contributed by atoms with Gasteiger partial charge < -0.3 is 9.64 Å². The highest BCUT2D eigenvalue weighted by molar-refractivity contribution is 7.80. The van der Waals surface area contributed by atoms with Gasteiger partial charge in [0.05, 0.1) is 5.56 Å². The second-order valence-electron chi connectivity index (χ2n) is 4.57. The number of nitrogens with zero attached hydrogens (tertiary/aromatic N) is 1. The Bertz CT molecular complexity index is 445. The third-order valence-electron chi connectivity index (χ3n) is 3.11. The minimum absolute atomic E-state index is 0.0403. The number of rotatable bonds is 2. The lowest BCUT2D eigenvalue weighted by Gasteiger charge is -2.28. The Balaban J connectivity index is 2.01. The molecule has 3 nitrogen and oxygen atoms in total. The molecule has 1 fully saturated rings. The van der Waals surface area contributed by atoms with E-state index in [2.05, 4.69) is 17.5 Å². The number of thiol groups is 1. The van der Waals surface area contributed by atoms with Gasteiger partial charge in [-0.15, -0.1) is 12.6 Å². The SMILES string of the molecule is CN1CCC(OC(=O)c2cc(S)ccc2F)CC1. The first-order chi connectivity index (χ1) is 8.56. The van der Waals surface area contributed by atoms with Crippen molar-refractivity contribution >= 4 is 18.6 Å². The fourth-order valence-corrected chi connectivity index (χ4v) is 2.19. The number of halogens is 1. The van der Waals surface area contributed by atoms with E-state index in [1.807, 2.05) is 7.05 Å². The maximum Gasteiger partial charge on any atom is 0.341 e. The van der Waals surface area contributed by atoms with E-state index in [1.165, 1.54) is 18.2 Å². The highest BCUT2D eigenvalue weighted by atomic mass is 32.1. The van der Waals surface area contributed by atoms with Crippen LogP contribution in [0.1, 0.15) is 23.2 Å². The summed E-state index contributed by atoms with van der Waals surface area (Å²) >= 11 is 4.09. The summed E-state index contributed by atoms with van der Waals surface area (Å²) in [5.74, 6) is -1.16. The number of esters is 1. The molecule has 0 aliphatic carbocycles. The van der Waals surface area contributed by atoms with Crippen LogP contribution in [0.4, 0.5) is 4.39 Å². The molecule has 0 atom stereocenters. The molecule has 1 aliphatic rings. The van der Waals surface area contributed by atoms with Crippen LogP contribution < -0.4 is 0 Å². The van der Waals surface area contributed by atoms with Gasteiger partial charge in [0.1, 0.15) is 11.9 Å². The number of ether oxygens (including phenoxy) is 1. The van der Waals surface area contributed by atoms with Crippen LogP contribution in [0.2, 0.25) is 0 Å². The summed E-state index contributed by atoms with van der Waals surface area (Å²) in [4.78, 5) is 14.6. The van der Waals surface area contributed by atoms with Crippen molar-refractivity contribution < 1.29 is 13.9 Å². The summed E-state index contributed by atoms with van der Waals surface area (Å²) in [5.41, 5.74) is -0.0403. The van der Waals surface area contributed by atoms with Crippen LogP contribution >= 0.6 is 12.6 Å². The van der Waals surface area contributed by atoms with Gasteiger partial charge in [0, 0.05) is 18.0 Å². The molecular weight excluding hydrogens is 253 g/mol. The zero-order valence-corrected chi connectivity index (χ0v) is 11.1. The predicted octanol–water partition coefficient (Wildman–Crippen LogP) is 2.37. The van der Waals surface area contributed by atoms with Crippen LogP contribution in [0.15, 0.2) is 23.1 Å². The normalized spacial score (nSPS) is 17.7. The Morgan fingerprint density at radius 2 is 2.11 bits per heavy atom. The number of likely N-dealkylation sites (tertiary alicyclic amines) is 1. The number of carbonyl (C=O) groups is 1. The molecule has 5 heteroatoms. The number of piperidine rings is 1. The Labute approximate surface area is 111 Å². The Morgan fingerprint density at radius 1 is 1.44 bits per heavy atom. The summed E-state index contributed by atoms with van der Waals surface area (Å²) in [6.45, 7) is 1.79. The van der Waals surface area contributed by atoms with E-state index >= 15 is 0 Å². The average molecular weight is 269 g/mol. The van der Waals surface area contributed by atoms with Crippen molar-refractivity contribution in [2.75, 3.05) is 20.1 Å². The Kier molecular flexibility index (Phi) is 4.24. The van der Waals surface area contributed by atoms with E-state index in [-0.39, 0.29) is 11.7 Å². The Morgan fingerprint density at radius 3 is 2.78 bits per heavy atom. The van der Waals surface area contributed by atoms with Crippen molar-refractivity contribution in [3.05, 3.63) is 29.6 Å². The van der Waals surface area contributed by atoms with Gasteiger partial charge in [-0.05, 0) is 38.1 Å². The van der Waals surface area contributed by atoms with Crippen LogP contribution in [0, 0.1) is 5.82 Å². The standard InChI is InChI=1S/C13H16FNO2S/c1-15-6-4-9(5-7-15)17-13(16)11-8-10(18)2-3-12(11)14/h2-3,8-9,18H,4-7H2,1H3. The van der Waals surface area contributed by atoms with Gasteiger partial charge in [0.2, 0.25) is 0 Å². The highest BCUT2D eigenvalue weighted by Gasteiger charge is 2.22. The van der Waals surface area contributed by atoms with Gasteiger partial charge in [0.15, 0.2) is 0 Å². The molecule has 18 heavy (non-hydrogen) atoms. The van der Waals surface area contributed by atoms with Crippen LogP contribution in [-0.2, 0) is 4.74 Å². The summed E-state index contributed by atoms with van der Waals surface area (Å²) < 4.78 is 18.8. The maximum absolute atomic E-state index is 13.5. The molecule has 0 aromatic heterocycles. The van der Waals surface area contributed by atoms with Gasteiger partial charge in [-0.25, -0.2) is 9.18 Å². The van der Waals surface area contributed by atoms with Crippen molar-refractivity contribution in [1.29, 1.82) is 0 Å². The van der Waals surface area contributed by atoms with Gasteiger partial charge in [-0.1, -0.05) is 0 Å². The number of hydrogen-bond acceptors (Lipinski definition) is 4. The zero-order chi connectivity index (χ0) is 13.1. The minimum Gasteiger partial charge on any atom is -0.459 e. The topological polar surface area (TPSA) is 29.5 Å². The van der Waals surface area contributed by atoms with E-state index in [0.29, 0.717) is 4.90 Å². The fraction of sp³-hybridized carbons (Fsp3) is 0.462. The zero-order valence-electron chi connectivity index (χ0n) is 10.2. The smallest absolute Gasteiger partial charge is 0.341 e. The molecular formula is C13H16FNO2S. The third-order valence-corrected chi connectivity index (χ3v) is 3.39. The highest BCUT2D eigenvalue weighted by Crippen LogP contribution is 2.18. The van der Waals surface area contributed by atoms with Gasteiger partial charge in [-0.2, -0.15) is 0 Å². The number of benzene rings is 1. The quantitative estimate of drug-likeness (QED) is 0.660. The first-order valence-electron chi connectivity index (χ1n) is 5.94. The molecule has 0 unspecified atom stereocenters. The van der Waals surface area contributed by atoms with Crippen LogP contribution in [0.3, 0.4) is 0 Å². The second kappa shape index (κ2) is 5.71. The molecule has 98 valence electrons. The predicted molar refractivity (Wildman–Crippen MR) is 69.6 cm³/mol. The molecule has 1 saturated heterocycles.